The average molecular weight is 437 g/mol. The molecule has 1 spiro atoms. The zero-order valence-electron chi connectivity index (χ0n) is 18.2. The van der Waals surface area contributed by atoms with Crippen LogP contribution in [0.2, 0.25) is 0 Å². The highest BCUT2D eigenvalue weighted by atomic mass is 16.5. The molecule has 0 aromatic heterocycles. The van der Waals surface area contributed by atoms with E-state index < -0.39 is 5.54 Å². The van der Waals surface area contributed by atoms with Gasteiger partial charge in [0.1, 0.15) is 11.3 Å². The van der Waals surface area contributed by atoms with Crippen molar-refractivity contribution in [1.29, 1.82) is 0 Å². The van der Waals surface area contributed by atoms with Crippen molar-refractivity contribution in [3.8, 4) is 5.75 Å². The van der Waals surface area contributed by atoms with Crippen LogP contribution in [0.5, 0.6) is 5.75 Å². The number of carbonyl (C=O) groups excluding carboxylic acids is 3. The Balaban J connectivity index is 1.31. The van der Waals surface area contributed by atoms with Gasteiger partial charge in [0.2, 0.25) is 0 Å². The third-order valence-electron chi connectivity index (χ3n) is 6.03. The number of carbonyl (C=O) groups is 3. The lowest BCUT2D eigenvalue weighted by Gasteiger charge is -2.37. The van der Waals surface area contributed by atoms with Gasteiger partial charge in [-0.05, 0) is 56.0 Å². The molecule has 0 aliphatic carbocycles. The van der Waals surface area contributed by atoms with E-state index >= 15 is 0 Å². The van der Waals surface area contributed by atoms with Crippen LogP contribution in [0.3, 0.4) is 0 Å². The average Bonchev–Trinajstić information content (AvgIpc) is 3.03. The van der Waals surface area contributed by atoms with E-state index in [2.05, 4.69) is 10.6 Å². The highest BCUT2D eigenvalue weighted by Crippen LogP contribution is 2.30. The second-order valence-corrected chi connectivity index (χ2v) is 8.08. The van der Waals surface area contributed by atoms with Gasteiger partial charge in [0, 0.05) is 25.3 Å². The molecule has 8 nitrogen and oxygen atoms in total. The largest absolute Gasteiger partial charge is 0.494 e. The normalized spacial score (nSPS) is 17.4. The molecule has 2 saturated heterocycles. The van der Waals surface area contributed by atoms with E-state index in [1.54, 1.807) is 29.2 Å². The van der Waals surface area contributed by atoms with Gasteiger partial charge in [-0.25, -0.2) is 9.59 Å². The summed E-state index contributed by atoms with van der Waals surface area (Å²) in [5.41, 5.74) is 0.842. The first-order valence-electron chi connectivity index (χ1n) is 11.0. The molecule has 4 rings (SSSR count). The number of nitrogens with zero attached hydrogens (tertiary/aromatic N) is 2. The summed E-state index contributed by atoms with van der Waals surface area (Å²) >= 11 is 0. The van der Waals surface area contributed by atoms with Gasteiger partial charge in [0.15, 0.2) is 0 Å². The zero-order chi connectivity index (χ0) is 22.6. The molecule has 0 atom stereocenters. The van der Waals surface area contributed by atoms with Crippen LogP contribution in [0, 0.1) is 0 Å². The maximum Gasteiger partial charge on any atom is 0.325 e. The van der Waals surface area contributed by atoms with Crippen LogP contribution >= 0.6 is 0 Å². The molecule has 2 aliphatic heterocycles. The number of imide groups is 1. The Morgan fingerprint density at radius 3 is 2.41 bits per heavy atom. The Labute approximate surface area is 187 Å². The van der Waals surface area contributed by atoms with Crippen LogP contribution in [-0.4, -0.2) is 59.5 Å². The van der Waals surface area contributed by atoms with Gasteiger partial charge in [0.25, 0.3) is 5.91 Å². The fourth-order valence-corrected chi connectivity index (χ4v) is 4.20. The van der Waals surface area contributed by atoms with Gasteiger partial charge in [-0.3, -0.25) is 9.69 Å². The van der Waals surface area contributed by atoms with Gasteiger partial charge in [-0.1, -0.05) is 30.3 Å². The molecule has 0 radical (unpaired) electrons. The Morgan fingerprint density at radius 1 is 1.06 bits per heavy atom. The smallest absolute Gasteiger partial charge is 0.325 e. The Hall–Kier alpha value is -3.55. The van der Waals surface area contributed by atoms with Crippen molar-refractivity contribution in [3.05, 3.63) is 60.2 Å². The fraction of sp³-hybridized carbons (Fsp3) is 0.375. The van der Waals surface area contributed by atoms with Gasteiger partial charge in [-0.2, -0.15) is 0 Å². The number of nitrogens with one attached hydrogen (secondary N) is 2. The fourth-order valence-electron chi connectivity index (χ4n) is 4.20. The van der Waals surface area contributed by atoms with E-state index in [0.717, 1.165) is 11.3 Å². The maximum atomic E-state index is 13.1. The first kappa shape index (κ1) is 21.7. The third kappa shape index (κ3) is 4.54. The summed E-state index contributed by atoms with van der Waals surface area (Å²) < 4.78 is 5.41. The molecule has 2 fully saturated rings. The number of benzene rings is 2. The van der Waals surface area contributed by atoms with E-state index in [0.29, 0.717) is 51.2 Å². The second-order valence-electron chi connectivity index (χ2n) is 8.08. The third-order valence-corrected chi connectivity index (χ3v) is 6.03. The van der Waals surface area contributed by atoms with Crippen LogP contribution < -0.4 is 15.4 Å². The summed E-state index contributed by atoms with van der Waals surface area (Å²) in [6.45, 7) is 3.63. The number of urea groups is 2. The summed E-state index contributed by atoms with van der Waals surface area (Å²) in [6, 6.07) is 16.4. The molecule has 32 heavy (non-hydrogen) atoms. The molecule has 5 amide bonds. The molecule has 0 unspecified atom stereocenters. The van der Waals surface area contributed by atoms with Crippen molar-refractivity contribution in [2.75, 3.05) is 31.6 Å². The first-order valence-corrected chi connectivity index (χ1v) is 11.0. The van der Waals surface area contributed by atoms with E-state index in [1.165, 1.54) is 4.90 Å². The van der Waals surface area contributed by atoms with E-state index in [-0.39, 0.29) is 18.0 Å². The zero-order valence-corrected chi connectivity index (χ0v) is 18.2. The number of hydrogen-bond donors (Lipinski definition) is 2. The minimum atomic E-state index is -0.913. The Morgan fingerprint density at radius 2 is 1.75 bits per heavy atom. The number of rotatable bonds is 6. The first-order chi connectivity index (χ1) is 15.5. The standard InChI is InChI=1S/C24H28N4O4/c1-2-32-20-10-8-19(9-11-20)25-22(30)27-16-13-24(14-17-27)21(29)28(23(31)26-24)15-12-18-6-4-3-5-7-18/h3-11H,2,12-17H2,1H3,(H,25,30)(H,26,31). The summed E-state index contributed by atoms with van der Waals surface area (Å²) in [5.74, 6) is 0.558. The molecule has 168 valence electrons. The molecule has 2 aliphatic rings. The van der Waals surface area contributed by atoms with Crippen LogP contribution in [0.4, 0.5) is 15.3 Å². The molecule has 8 heteroatoms. The van der Waals surface area contributed by atoms with Crippen LogP contribution in [0.25, 0.3) is 0 Å². The number of hydrogen-bond acceptors (Lipinski definition) is 4. The van der Waals surface area contributed by atoms with Gasteiger partial charge in [-0.15, -0.1) is 0 Å². The molecule has 2 aromatic carbocycles. The van der Waals surface area contributed by atoms with Crippen molar-refractivity contribution in [1.82, 2.24) is 15.1 Å². The van der Waals surface area contributed by atoms with E-state index in [4.69, 9.17) is 4.74 Å². The predicted octanol–water partition coefficient (Wildman–Crippen LogP) is 3.25. The maximum absolute atomic E-state index is 13.1. The molecule has 0 saturated carbocycles. The van der Waals surface area contributed by atoms with Gasteiger partial charge < -0.3 is 20.3 Å². The van der Waals surface area contributed by atoms with Crippen LogP contribution in [0.15, 0.2) is 54.6 Å². The highest BCUT2D eigenvalue weighted by molar-refractivity contribution is 6.07. The summed E-state index contributed by atoms with van der Waals surface area (Å²) in [6.07, 6.45) is 1.42. The van der Waals surface area contributed by atoms with Crippen molar-refractivity contribution in [3.63, 3.8) is 0 Å². The monoisotopic (exact) mass is 436 g/mol. The van der Waals surface area contributed by atoms with Gasteiger partial charge in [0.05, 0.1) is 6.61 Å². The number of likely N-dealkylation sites (tertiary alicyclic amines) is 1. The Bertz CT molecular complexity index is 969. The van der Waals surface area contributed by atoms with Crippen molar-refractivity contribution in [2.45, 2.75) is 31.7 Å². The predicted molar refractivity (Wildman–Crippen MR) is 121 cm³/mol. The summed E-state index contributed by atoms with van der Waals surface area (Å²) in [7, 11) is 0. The van der Waals surface area contributed by atoms with E-state index in [1.807, 2.05) is 37.3 Å². The summed E-state index contributed by atoms with van der Waals surface area (Å²) in [4.78, 5) is 41.2. The lowest BCUT2D eigenvalue weighted by atomic mass is 9.87. The van der Waals surface area contributed by atoms with Crippen molar-refractivity contribution >= 4 is 23.7 Å². The topological polar surface area (TPSA) is 91.0 Å². The quantitative estimate of drug-likeness (QED) is 0.680. The number of ether oxygens (including phenoxy) is 1. The van der Waals surface area contributed by atoms with E-state index in [9.17, 15) is 14.4 Å². The van der Waals surface area contributed by atoms with Crippen LogP contribution in [0.1, 0.15) is 25.3 Å². The molecular formula is C24H28N4O4. The molecular weight excluding hydrogens is 408 g/mol. The molecule has 2 aromatic rings. The lowest BCUT2D eigenvalue weighted by molar-refractivity contribution is -0.132. The lowest BCUT2D eigenvalue weighted by Crippen LogP contribution is -2.56. The molecule has 0 bridgehead atoms. The minimum absolute atomic E-state index is 0.190. The molecule has 2 N–H and O–H groups in total. The van der Waals surface area contributed by atoms with Gasteiger partial charge >= 0.3 is 12.1 Å². The number of amides is 5. The highest BCUT2D eigenvalue weighted by Gasteiger charge is 2.52. The Kier molecular flexibility index (Phi) is 6.30. The van der Waals surface area contributed by atoms with Crippen LogP contribution in [-0.2, 0) is 11.2 Å². The number of anilines is 1. The second kappa shape index (κ2) is 9.30. The van der Waals surface area contributed by atoms with Crippen molar-refractivity contribution in [2.24, 2.45) is 0 Å². The summed E-state index contributed by atoms with van der Waals surface area (Å²) in [5, 5.41) is 5.77. The minimum Gasteiger partial charge on any atom is -0.494 e. The molecule has 2 heterocycles. The number of piperidine rings is 1. The SMILES string of the molecule is CCOc1ccc(NC(=O)N2CCC3(CC2)NC(=O)N(CCc2ccccc2)C3=O)cc1. The van der Waals surface area contributed by atoms with Crippen molar-refractivity contribution < 1.29 is 19.1 Å².